The van der Waals surface area contributed by atoms with Gasteiger partial charge in [0, 0.05) is 12.2 Å². The highest BCUT2D eigenvalue weighted by Gasteiger charge is 2.40. The Balaban J connectivity index is 2.28. The van der Waals surface area contributed by atoms with Gasteiger partial charge >= 0.3 is 0 Å². The number of ether oxygens (including phenoxy) is 1. The van der Waals surface area contributed by atoms with Crippen LogP contribution < -0.4 is 5.73 Å². The van der Waals surface area contributed by atoms with Crippen LogP contribution in [0.3, 0.4) is 0 Å². The molecule has 1 fully saturated rings. The summed E-state index contributed by atoms with van der Waals surface area (Å²) in [5.74, 6) is -0.227. The van der Waals surface area contributed by atoms with Gasteiger partial charge in [-0.2, -0.15) is 0 Å². The van der Waals surface area contributed by atoms with E-state index in [0.29, 0.717) is 12.2 Å². The molecule has 2 N–H and O–H groups in total. The molecule has 18 heavy (non-hydrogen) atoms. The number of rotatable bonds is 4. The quantitative estimate of drug-likeness (QED) is 0.888. The minimum atomic E-state index is -0.380. The summed E-state index contributed by atoms with van der Waals surface area (Å²) in [5.41, 5.74) is 6.52. The van der Waals surface area contributed by atoms with Crippen molar-refractivity contribution in [3.8, 4) is 0 Å². The van der Waals surface area contributed by atoms with E-state index < -0.39 is 0 Å². The molecular formula is C15H22FNO. The van der Waals surface area contributed by atoms with E-state index in [2.05, 4.69) is 0 Å². The van der Waals surface area contributed by atoms with Crippen LogP contribution in [0.1, 0.15) is 50.6 Å². The smallest absolute Gasteiger partial charge is 0.128 e. The summed E-state index contributed by atoms with van der Waals surface area (Å²) in [5, 5.41) is 0. The van der Waals surface area contributed by atoms with E-state index in [1.54, 1.807) is 12.1 Å². The molecule has 1 unspecified atom stereocenters. The van der Waals surface area contributed by atoms with Crippen molar-refractivity contribution in [2.45, 2.75) is 50.7 Å². The average molecular weight is 251 g/mol. The summed E-state index contributed by atoms with van der Waals surface area (Å²) in [6.07, 6.45) is 5.30. The summed E-state index contributed by atoms with van der Waals surface area (Å²) >= 11 is 0. The highest BCUT2D eigenvalue weighted by Crippen LogP contribution is 2.40. The summed E-state index contributed by atoms with van der Waals surface area (Å²) in [4.78, 5) is 0. The van der Waals surface area contributed by atoms with Crippen LogP contribution in [0.25, 0.3) is 0 Å². The standard InChI is InChI=1S/C15H22FNO/c1-2-18-15(10-6-3-7-11-15)14(17)12-8-4-5-9-13(12)16/h4-5,8-9,14H,2-3,6-7,10-11,17H2,1H3. The van der Waals surface area contributed by atoms with E-state index in [1.165, 1.54) is 12.5 Å². The fourth-order valence-electron chi connectivity index (χ4n) is 2.99. The lowest BCUT2D eigenvalue weighted by Gasteiger charge is -2.41. The fraction of sp³-hybridized carbons (Fsp3) is 0.600. The first-order chi connectivity index (χ1) is 8.69. The predicted molar refractivity (Wildman–Crippen MR) is 70.8 cm³/mol. The first kappa shape index (κ1) is 13.5. The second-order valence-electron chi connectivity index (χ2n) is 5.06. The van der Waals surface area contributed by atoms with Crippen molar-refractivity contribution in [3.63, 3.8) is 0 Å². The molecule has 0 amide bonds. The van der Waals surface area contributed by atoms with Crippen molar-refractivity contribution in [2.24, 2.45) is 5.73 Å². The molecule has 1 aliphatic rings. The molecule has 3 heteroatoms. The van der Waals surface area contributed by atoms with Gasteiger partial charge in [-0.1, -0.05) is 37.5 Å². The van der Waals surface area contributed by atoms with Crippen molar-refractivity contribution >= 4 is 0 Å². The number of benzene rings is 1. The maximum absolute atomic E-state index is 13.9. The Labute approximate surface area is 108 Å². The first-order valence-corrected chi connectivity index (χ1v) is 6.83. The van der Waals surface area contributed by atoms with Gasteiger partial charge in [-0.3, -0.25) is 0 Å². The van der Waals surface area contributed by atoms with Gasteiger partial charge in [-0.05, 0) is 25.8 Å². The molecular weight excluding hydrogens is 229 g/mol. The third-order valence-corrected chi connectivity index (χ3v) is 3.94. The van der Waals surface area contributed by atoms with Crippen LogP contribution in [-0.4, -0.2) is 12.2 Å². The Hall–Kier alpha value is -0.930. The Morgan fingerprint density at radius 3 is 2.56 bits per heavy atom. The number of halogens is 1. The zero-order valence-electron chi connectivity index (χ0n) is 11.0. The lowest BCUT2D eigenvalue weighted by Crippen LogP contribution is -2.45. The molecule has 1 aliphatic carbocycles. The molecule has 0 aromatic heterocycles. The molecule has 1 aromatic carbocycles. The van der Waals surface area contributed by atoms with Gasteiger partial charge in [0.15, 0.2) is 0 Å². The Bertz CT molecular complexity index is 382. The van der Waals surface area contributed by atoms with Crippen molar-refractivity contribution < 1.29 is 9.13 Å². The fourth-order valence-corrected chi connectivity index (χ4v) is 2.99. The van der Waals surface area contributed by atoms with Crippen LogP contribution >= 0.6 is 0 Å². The minimum Gasteiger partial charge on any atom is -0.373 e. The number of hydrogen-bond donors (Lipinski definition) is 1. The Morgan fingerprint density at radius 1 is 1.28 bits per heavy atom. The minimum absolute atomic E-state index is 0.227. The second kappa shape index (κ2) is 5.81. The SMILES string of the molecule is CCOC1(C(N)c2ccccc2F)CCCCC1. The van der Waals surface area contributed by atoms with Crippen LogP contribution in [0, 0.1) is 5.82 Å². The molecule has 0 aliphatic heterocycles. The molecule has 100 valence electrons. The Morgan fingerprint density at radius 2 is 1.94 bits per heavy atom. The third kappa shape index (κ3) is 2.57. The van der Waals surface area contributed by atoms with Crippen LogP contribution in [0.2, 0.25) is 0 Å². The average Bonchev–Trinajstić information content (AvgIpc) is 2.40. The lowest BCUT2D eigenvalue weighted by molar-refractivity contribution is -0.0836. The molecule has 1 aromatic rings. The van der Waals surface area contributed by atoms with Gasteiger partial charge in [0.1, 0.15) is 5.82 Å². The highest BCUT2D eigenvalue weighted by atomic mass is 19.1. The van der Waals surface area contributed by atoms with Crippen molar-refractivity contribution in [3.05, 3.63) is 35.6 Å². The maximum Gasteiger partial charge on any atom is 0.128 e. The summed E-state index contributed by atoms with van der Waals surface area (Å²) in [6.45, 7) is 2.60. The molecule has 0 spiro atoms. The maximum atomic E-state index is 13.9. The van der Waals surface area contributed by atoms with Crippen LogP contribution in [0.15, 0.2) is 24.3 Å². The molecule has 1 saturated carbocycles. The Kier molecular flexibility index (Phi) is 4.36. The van der Waals surface area contributed by atoms with E-state index in [4.69, 9.17) is 10.5 Å². The van der Waals surface area contributed by atoms with Gasteiger partial charge in [-0.15, -0.1) is 0 Å². The second-order valence-corrected chi connectivity index (χ2v) is 5.06. The van der Waals surface area contributed by atoms with Gasteiger partial charge < -0.3 is 10.5 Å². The number of hydrogen-bond acceptors (Lipinski definition) is 2. The molecule has 2 nitrogen and oxygen atoms in total. The zero-order chi connectivity index (χ0) is 13.0. The molecule has 0 bridgehead atoms. The highest BCUT2D eigenvalue weighted by molar-refractivity contribution is 5.24. The van der Waals surface area contributed by atoms with Crippen molar-refractivity contribution in [2.75, 3.05) is 6.61 Å². The molecule has 1 atom stereocenters. The molecule has 0 heterocycles. The topological polar surface area (TPSA) is 35.2 Å². The van der Waals surface area contributed by atoms with E-state index >= 15 is 0 Å². The van der Waals surface area contributed by atoms with Crippen LogP contribution in [-0.2, 0) is 4.74 Å². The van der Waals surface area contributed by atoms with Crippen LogP contribution in [0.5, 0.6) is 0 Å². The predicted octanol–water partition coefficient (Wildman–Crippen LogP) is 3.56. The van der Waals surface area contributed by atoms with Gasteiger partial charge in [0.25, 0.3) is 0 Å². The molecule has 2 rings (SSSR count). The van der Waals surface area contributed by atoms with Gasteiger partial charge in [0.05, 0.1) is 11.6 Å². The monoisotopic (exact) mass is 251 g/mol. The first-order valence-electron chi connectivity index (χ1n) is 6.83. The van der Waals surface area contributed by atoms with Crippen LogP contribution in [0.4, 0.5) is 4.39 Å². The summed E-state index contributed by atoms with van der Waals surface area (Å²) in [7, 11) is 0. The van der Waals surface area contributed by atoms with E-state index in [0.717, 1.165) is 25.7 Å². The normalized spacial score (nSPS) is 20.6. The lowest BCUT2D eigenvalue weighted by atomic mass is 9.77. The van der Waals surface area contributed by atoms with Gasteiger partial charge in [-0.25, -0.2) is 4.39 Å². The third-order valence-electron chi connectivity index (χ3n) is 3.94. The van der Waals surface area contributed by atoms with E-state index in [1.807, 2.05) is 13.0 Å². The van der Waals surface area contributed by atoms with Gasteiger partial charge in [0.2, 0.25) is 0 Å². The summed E-state index contributed by atoms with van der Waals surface area (Å²) in [6, 6.07) is 6.40. The van der Waals surface area contributed by atoms with Crippen molar-refractivity contribution in [1.29, 1.82) is 0 Å². The van der Waals surface area contributed by atoms with E-state index in [-0.39, 0.29) is 17.5 Å². The zero-order valence-corrected chi connectivity index (χ0v) is 11.0. The molecule has 0 saturated heterocycles. The number of nitrogens with two attached hydrogens (primary N) is 1. The molecule has 0 radical (unpaired) electrons. The summed E-state index contributed by atoms with van der Waals surface area (Å²) < 4.78 is 19.8. The van der Waals surface area contributed by atoms with Crippen molar-refractivity contribution in [1.82, 2.24) is 0 Å². The largest absolute Gasteiger partial charge is 0.373 e. The van der Waals surface area contributed by atoms with E-state index in [9.17, 15) is 4.39 Å².